The van der Waals surface area contributed by atoms with E-state index in [9.17, 15) is 9.59 Å². The fraction of sp³-hybridized carbons (Fsp3) is 0.167. The van der Waals surface area contributed by atoms with E-state index < -0.39 is 0 Å². The number of anilines is 1. The number of nitrogens with zero attached hydrogens (tertiary/aromatic N) is 4. The van der Waals surface area contributed by atoms with Crippen LogP contribution < -0.4 is 10.6 Å². The van der Waals surface area contributed by atoms with E-state index in [2.05, 4.69) is 5.10 Å². The fourth-order valence-corrected chi connectivity index (χ4v) is 3.07. The smallest absolute Gasteiger partial charge is 0.277 e. The van der Waals surface area contributed by atoms with E-state index in [1.807, 2.05) is 30.3 Å². The molecule has 126 valence electrons. The van der Waals surface area contributed by atoms with Gasteiger partial charge in [-0.05, 0) is 42.8 Å². The molecule has 2 aromatic carbocycles. The summed E-state index contributed by atoms with van der Waals surface area (Å²) in [5.41, 5.74) is 0.947. The Hall–Kier alpha value is -2.86. The summed E-state index contributed by atoms with van der Waals surface area (Å²) in [4.78, 5) is 27.1. The lowest BCUT2D eigenvalue weighted by Gasteiger charge is -2.25. The van der Waals surface area contributed by atoms with Gasteiger partial charge in [0.25, 0.3) is 5.91 Å². The molecule has 0 unspecified atom stereocenters. The van der Waals surface area contributed by atoms with E-state index >= 15 is 0 Å². The van der Waals surface area contributed by atoms with Crippen LogP contribution in [0.4, 0.5) is 5.95 Å². The lowest BCUT2D eigenvalue weighted by molar-refractivity contribution is 0.0981. The van der Waals surface area contributed by atoms with Crippen LogP contribution in [0.15, 0.2) is 59.4 Å². The molecular formula is C18H15ClN4O2. The zero-order valence-corrected chi connectivity index (χ0v) is 14.1. The van der Waals surface area contributed by atoms with Crippen molar-refractivity contribution in [3.63, 3.8) is 0 Å². The number of halogens is 1. The van der Waals surface area contributed by atoms with Gasteiger partial charge >= 0.3 is 5.69 Å². The molecule has 0 saturated carbocycles. The Kier molecular flexibility index (Phi) is 3.89. The topological polar surface area (TPSA) is 60.1 Å². The quantitative estimate of drug-likeness (QED) is 0.711. The Bertz CT molecular complexity index is 977. The van der Waals surface area contributed by atoms with Gasteiger partial charge < -0.3 is 0 Å². The largest absolute Gasteiger partial charge is 0.352 e. The van der Waals surface area contributed by atoms with Crippen LogP contribution in [0.2, 0.25) is 5.02 Å². The van der Waals surface area contributed by atoms with E-state index in [-0.39, 0.29) is 11.6 Å². The first-order chi connectivity index (χ1) is 12.1. The van der Waals surface area contributed by atoms with Crippen molar-refractivity contribution in [2.24, 2.45) is 0 Å². The predicted octanol–water partition coefficient (Wildman–Crippen LogP) is 2.74. The van der Waals surface area contributed by atoms with Gasteiger partial charge in [0, 0.05) is 23.7 Å². The molecule has 1 amide bonds. The van der Waals surface area contributed by atoms with Crippen molar-refractivity contribution in [3.05, 3.63) is 75.7 Å². The lowest BCUT2D eigenvalue weighted by atomic mass is 10.2. The highest BCUT2D eigenvalue weighted by molar-refractivity contribution is 6.30. The summed E-state index contributed by atoms with van der Waals surface area (Å²) >= 11 is 5.89. The Labute approximate surface area is 148 Å². The minimum absolute atomic E-state index is 0.192. The van der Waals surface area contributed by atoms with Gasteiger partial charge in [0.05, 0.1) is 5.69 Å². The third-order valence-corrected chi connectivity index (χ3v) is 4.44. The third-order valence-electron chi connectivity index (χ3n) is 4.18. The molecule has 6 nitrogen and oxygen atoms in total. The average Bonchev–Trinajstić information content (AvgIpc) is 2.99. The summed E-state index contributed by atoms with van der Waals surface area (Å²) in [5.74, 6) is 0.183. The Morgan fingerprint density at radius 1 is 1.00 bits per heavy atom. The highest BCUT2D eigenvalue weighted by atomic mass is 35.5. The molecule has 0 N–H and O–H groups in total. The zero-order chi connectivity index (χ0) is 17.4. The maximum absolute atomic E-state index is 12.8. The van der Waals surface area contributed by atoms with Gasteiger partial charge in [-0.2, -0.15) is 4.68 Å². The normalized spacial score (nSPS) is 13.6. The van der Waals surface area contributed by atoms with Gasteiger partial charge in [0.15, 0.2) is 0 Å². The SMILES string of the molecule is O=C(c1ccc(Cl)cc1)N1CCCn2c1nn(-c1ccccc1)c2=O. The van der Waals surface area contributed by atoms with Crippen LogP contribution in [-0.4, -0.2) is 26.8 Å². The highest BCUT2D eigenvalue weighted by Gasteiger charge is 2.28. The number of amides is 1. The van der Waals surface area contributed by atoms with Crippen LogP contribution in [0.3, 0.4) is 0 Å². The van der Waals surface area contributed by atoms with Crippen LogP contribution in [0.5, 0.6) is 0 Å². The molecule has 7 heteroatoms. The molecule has 2 heterocycles. The van der Waals surface area contributed by atoms with Crippen molar-refractivity contribution in [1.82, 2.24) is 14.3 Å². The average molecular weight is 355 g/mol. The minimum Gasteiger partial charge on any atom is -0.277 e. The molecule has 0 radical (unpaired) electrons. The van der Waals surface area contributed by atoms with Crippen LogP contribution in [0.25, 0.3) is 5.69 Å². The van der Waals surface area contributed by atoms with Crippen LogP contribution >= 0.6 is 11.6 Å². The molecular weight excluding hydrogens is 340 g/mol. The van der Waals surface area contributed by atoms with E-state index in [0.717, 1.165) is 0 Å². The molecule has 1 aromatic heterocycles. The summed E-state index contributed by atoms with van der Waals surface area (Å²) < 4.78 is 2.88. The summed E-state index contributed by atoms with van der Waals surface area (Å²) in [7, 11) is 0. The lowest BCUT2D eigenvalue weighted by Crippen LogP contribution is -2.39. The molecule has 0 bridgehead atoms. The van der Waals surface area contributed by atoms with Crippen LogP contribution in [-0.2, 0) is 6.54 Å². The number of para-hydroxylation sites is 1. The Morgan fingerprint density at radius 2 is 1.72 bits per heavy atom. The first-order valence-electron chi connectivity index (χ1n) is 7.98. The number of aromatic nitrogens is 3. The minimum atomic E-state index is -0.241. The van der Waals surface area contributed by atoms with Gasteiger partial charge in [-0.3, -0.25) is 14.3 Å². The highest BCUT2D eigenvalue weighted by Crippen LogP contribution is 2.21. The van der Waals surface area contributed by atoms with Crippen molar-refractivity contribution in [2.75, 3.05) is 11.4 Å². The maximum Gasteiger partial charge on any atom is 0.352 e. The number of carbonyl (C=O) groups is 1. The van der Waals surface area contributed by atoms with Crippen molar-refractivity contribution in [1.29, 1.82) is 0 Å². The number of benzene rings is 2. The first kappa shape index (κ1) is 15.7. The second kappa shape index (κ2) is 6.22. The molecule has 1 aliphatic heterocycles. The van der Waals surface area contributed by atoms with Crippen molar-refractivity contribution in [3.8, 4) is 5.69 Å². The number of rotatable bonds is 2. The van der Waals surface area contributed by atoms with E-state index in [0.29, 0.717) is 41.7 Å². The standard InChI is InChI=1S/C18H15ClN4O2/c19-14-9-7-13(8-10-14)16(24)21-11-4-12-22-17(21)20-23(18(22)25)15-5-2-1-3-6-15/h1-3,5-10H,4,11-12H2. The van der Waals surface area contributed by atoms with Gasteiger partial charge in [-0.25, -0.2) is 4.79 Å². The Morgan fingerprint density at radius 3 is 2.44 bits per heavy atom. The molecule has 1 aliphatic rings. The summed E-state index contributed by atoms with van der Waals surface area (Å²) in [6.07, 6.45) is 0.701. The number of carbonyl (C=O) groups excluding carboxylic acids is 1. The summed E-state index contributed by atoms with van der Waals surface area (Å²) in [6.45, 7) is 1.07. The molecule has 0 saturated heterocycles. The van der Waals surface area contributed by atoms with Crippen LogP contribution in [0.1, 0.15) is 16.8 Å². The maximum atomic E-state index is 12.8. The van der Waals surface area contributed by atoms with E-state index in [1.165, 1.54) is 4.68 Å². The molecule has 4 rings (SSSR count). The molecule has 25 heavy (non-hydrogen) atoms. The molecule has 3 aromatic rings. The fourth-order valence-electron chi connectivity index (χ4n) is 2.95. The molecule has 0 atom stereocenters. The Balaban J connectivity index is 1.76. The van der Waals surface area contributed by atoms with E-state index in [4.69, 9.17) is 11.6 Å². The second-order valence-electron chi connectivity index (χ2n) is 5.80. The molecule has 0 fully saturated rings. The molecule has 0 spiro atoms. The number of hydrogen-bond donors (Lipinski definition) is 0. The predicted molar refractivity (Wildman–Crippen MR) is 95.6 cm³/mol. The second-order valence-corrected chi connectivity index (χ2v) is 6.24. The number of fused-ring (bicyclic) bond motifs is 1. The summed E-state index contributed by atoms with van der Waals surface area (Å²) in [6, 6.07) is 15.9. The van der Waals surface area contributed by atoms with Crippen LogP contribution in [0, 0.1) is 0 Å². The summed E-state index contributed by atoms with van der Waals surface area (Å²) in [5, 5.41) is 4.98. The van der Waals surface area contributed by atoms with Gasteiger partial charge in [-0.15, -0.1) is 5.10 Å². The van der Waals surface area contributed by atoms with Gasteiger partial charge in [0.2, 0.25) is 5.95 Å². The third kappa shape index (κ3) is 2.74. The van der Waals surface area contributed by atoms with Crippen molar-refractivity contribution < 1.29 is 4.79 Å². The molecule has 0 aliphatic carbocycles. The van der Waals surface area contributed by atoms with Crippen molar-refractivity contribution >= 4 is 23.5 Å². The van der Waals surface area contributed by atoms with Gasteiger partial charge in [0.1, 0.15) is 0 Å². The van der Waals surface area contributed by atoms with Gasteiger partial charge in [-0.1, -0.05) is 29.8 Å². The monoisotopic (exact) mass is 354 g/mol. The zero-order valence-electron chi connectivity index (χ0n) is 13.3. The van der Waals surface area contributed by atoms with Crippen molar-refractivity contribution in [2.45, 2.75) is 13.0 Å². The van der Waals surface area contributed by atoms with E-state index in [1.54, 1.807) is 33.7 Å². The number of hydrogen-bond acceptors (Lipinski definition) is 3. The first-order valence-corrected chi connectivity index (χ1v) is 8.35.